The lowest BCUT2D eigenvalue weighted by molar-refractivity contribution is -0.159. The summed E-state index contributed by atoms with van der Waals surface area (Å²) in [5, 5.41) is 0. The molecule has 0 N–H and O–H groups in total. The molecule has 0 aliphatic rings. The van der Waals surface area contributed by atoms with Crippen molar-refractivity contribution >= 4 is 11.9 Å². The van der Waals surface area contributed by atoms with Crippen molar-refractivity contribution in [3.05, 3.63) is 29.8 Å². The molecular weight excluding hydrogens is 246 g/mol. The Morgan fingerprint density at radius 1 is 1.21 bits per heavy atom. The maximum atomic E-state index is 11.6. The standard InChI is InChI=1S/C14H19NO4/c1-4-19-14(17)13(16)15(2)10-9-11-5-7-12(18-3)8-6-11/h5-8H,4,9-10H2,1-3H3. The Morgan fingerprint density at radius 3 is 2.37 bits per heavy atom. The van der Waals surface area contributed by atoms with Gasteiger partial charge >= 0.3 is 11.9 Å². The fourth-order valence-corrected chi connectivity index (χ4v) is 1.54. The maximum Gasteiger partial charge on any atom is 0.396 e. The molecule has 1 aromatic rings. The highest BCUT2D eigenvalue weighted by molar-refractivity contribution is 6.32. The molecule has 0 aliphatic heterocycles. The van der Waals surface area contributed by atoms with Crippen LogP contribution in [0, 0.1) is 0 Å². The van der Waals surface area contributed by atoms with E-state index in [1.807, 2.05) is 24.3 Å². The van der Waals surface area contributed by atoms with Crippen LogP contribution in [0.25, 0.3) is 0 Å². The molecule has 0 atom stereocenters. The van der Waals surface area contributed by atoms with Gasteiger partial charge in [-0.2, -0.15) is 0 Å². The first kappa shape index (κ1) is 15.0. The molecule has 0 unspecified atom stereocenters. The molecule has 0 aromatic heterocycles. The molecule has 19 heavy (non-hydrogen) atoms. The number of carbonyl (C=O) groups is 2. The Balaban J connectivity index is 2.46. The van der Waals surface area contributed by atoms with Gasteiger partial charge in [-0.15, -0.1) is 0 Å². The average Bonchev–Trinajstić information content (AvgIpc) is 2.44. The summed E-state index contributed by atoms with van der Waals surface area (Å²) in [5.41, 5.74) is 1.07. The van der Waals surface area contributed by atoms with Gasteiger partial charge in [-0.3, -0.25) is 4.79 Å². The summed E-state index contributed by atoms with van der Waals surface area (Å²) >= 11 is 0. The summed E-state index contributed by atoms with van der Waals surface area (Å²) in [6.07, 6.45) is 0.672. The van der Waals surface area contributed by atoms with Crippen LogP contribution in [0.15, 0.2) is 24.3 Å². The minimum Gasteiger partial charge on any atom is -0.497 e. The number of hydrogen-bond donors (Lipinski definition) is 0. The summed E-state index contributed by atoms with van der Waals surface area (Å²) < 4.78 is 9.73. The summed E-state index contributed by atoms with van der Waals surface area (Å²) in [5.74, 6) is -0.630. The zero-order valence-electron chi connectivity index (χ0n) is 11.5. The van der Waals surface area contributed by atoms with Gasteiger partial charge in [0.1, 0.15) is 5.75 Å². The zero-order valence-corrected chi connectivity index (χ0v) is 11.5. The summed E-state index contributed by atoms with van der Waals surface area (Å²) in [6, 6.07) is 7.59. The van der Waals surface area contributed by atoms with E-state index in [1.165, 1.54) is 4.90 Å². The van der Waals surface area contributed by atoms with Crippen molar-refractivity contribution in [2.75, 3.05) is 27.3 Å². The lowest BCUT2D eigenvalue weighted by atomic mass is 10.1. The van der Waals surface area contributed by atoms with Crippen molar-refractivity contribution in [3.8, 4) is 5.75 Å². The van der Waals surface area contributed by atoms with Crippen LogP contribution >= 0.6 is 0 Å². The molecule has 104 valence electrons. The van der Waals surface area contributed by atoms with Gasteiger partial charge in [0.05, 0.1) is 13.7 Å². The molecule has 1 rings (SSSR count). The van der Waals surface area contributed by atoms with Gasteiger partial charge in [-0.1, -0.05) is 12.1 Å². The normalized spacial score (nSPS) is 9.84. The molecule has 0 heterocycles. The molecule has 1 aromatic carbocycles. The van der Waals surface area contributed by atoms with Crippen LogP contribution < -0.4 is 4.74 Å². The van der Waals surface area contributed by atoms with Crippen LogP contribution in [-0.4, -0.2) is 44.1 Å². The van der Waals surface area contributed by atoms with Gasteiger partial charge in [-0.25, -0.2) is 4.79 Å². The Hall–Kier alpha value is -2.04. The number of likely N-dealkylation sites (N-methyl/N-ethyl adjacent to an activating group) is 1. The summed E-state index contributed by atoms with van der Waals surface area (Å²) in [7, 11) is 3.20. The number of carbonyl (C=O) groups excluding carboxylic acids is 2. The molecule has 0 spiro atoms. The Kier molecular flexibility index (Phi) is 5.85. The van der Waals surface area contributed by atoms with Crippen LogP contribution in [0.2, 0.25) is 0 Å². The molecule has 0 radical (unpaired) electrons. The molecule has 0 fully saturated rings. The molecule has 5 heteroatoms. The van der Waals surface area contributed by atoms with E-state index in [9.17, 15) is 9.59 Å². The van der Waals surface area contributed by atoms with E-state index in [-0.39, 0.29) is 6.61 Å². The van der Waals surface area contributed by atoms with Crippen LogP contribution in [-0.2, 0) is 20.7 Å². The first-order valence-corrected chi connectivity index (χ1v) is 6.13. The third-order valence-corrected chi connectivity index (χ3v) is 2.69. The average molecular weight is 265 g/mol. The Labute approximate surface area is 113 Å². The largest absolute Gasteiger partial charge is 0.497 e. The highest BCUT2D eigenvalue weighted by Gasteiger charge is 2.19. The summed E-state index contributed by atoms with van der Waals surface area (Å²) in [6.45, 7) is 2.34. The predicted octanol–water partition coefficient (Wildman–Crippen LogP) is 1.26. The van der Waals surface area contributed by atoms with Gasteiger partial charge < -0.3 is 14.4 Å². The number of nitrogens with zero attached hydrogens (tertiary/aromatic N) is 1. The third-order valence-electron chi connectivity index (χ3n) is 2.69. The number of benzene rings is 1. The lowest BCUT2D eigenvalue weighted by Crippen LogP contribution is -2.35. The number of amides is 1. The second-order valence-electron chi connectivity index (χ2n) is 4.05. The SMILES string of the molecule is CCOC(=O)C(=O)N(C)CCc1ccc(OC)cc1. The number of methoxy groups -OCH3 is 1. The minimum atomic E-state index is -0.806. The first-order valence-electron chi connectivity index (χ1n) is 6.13. The quantitative estimate of drug-likeness (QED) is 0.594. The van der Waals surface area contributed by atoms with Crippen molar-refractivity contribution in [1.82, 2.24) is 4.90 Å². The van der Waals surface area contributed by atoms with Crippen molar-refractivity contribution in [2.45, 2.75) is 13.3 Å². The minimum absolute atomic E-state index is 0.205. The summed E-state index contributed by atoms with van der Waals surface area (Å²) in [4.78, 5) is 24.2. The molecule has 0 saturated carbocycles. The molecule has 0 bridgehead atoms. The second-order valence-corrected chi connectivity index (χ2v) is 4.05. The predicted molar refractivity (Wildman–Crippen MR) is 71.0 cm³/mol. The zero-order chi connectivity index (χ0) is 14.3. The highest BCUT2D eigenvalue weighted by Crippen LogP contribution is 2.11. The van der Waals surface area contributed by atoms with E-state index in [1.54, 1.807) is 21.1 Å². The smallest absolute Gasteiger partial charge is 0.396 e. The third kappa shape index (κ3) is 4.62. The van der Waals surface area contributed by atoms with Crippen molar-refractivity contribution in [1.29, 1.82) is 0 Å². The van der Waals surface area contributed by atoms with Crippen LogP contribution in [0.3, 0.4) is 0 Å². The number of esters is 1. The molecule has 0 aliphatic carbocycles. The number of rotatable bonds is 5. The number of hydrogen-bond acceptors (Lipinski definition) is 4. The molecular formula is C14H19NO4. The van der Waals surface area contributed by atoms with E-state index in [4.69, 9.17) is 4.74 Å². The fraction of sp³-hybridized carbons (Fsp3) is 0.429. The van der Waals surface area contributed by atoms with E-state index >= 15 is 0 Å². The van der Waals surface area contributed by atoms with E-state index in [0.717, 1.165) is 11.3 Å². The highest BCUT2D eigenvalue weighted by atomic mass is 16.5. The molecule has 0 saturated heterocycles. The van der Waals surface area contributed by atoms with E-state index in [2.05, 4.69) is 4.74 Å². The van der Waals surface area contributed by atoms with Gasteiger partial charge in [0.25, 0.3) is 0 Å². The van der Waals surface area contributed by atoms with E-state index < -0.39 is 11.9 Å². The van der Waals surface area contributed by atoms with Crippen molar-refractivity contribution in [3.63, 3.8) is 0 Å². The topological polar surface area (TPSA) is 55.8 Å². The molecule has 1 amide bonds. The van der Waals surface area contributed by atoms with Crippen LogP contribution in [0.1, 0.15) is 12.5 Å². The molecule has 5 nitrogen and oxygen atoms in total. The monoisotopic (exact) mass is 265 g/mol. The van der Waals surface area contributed by atoms with E-state index in [0.29, 0.717) is 13.0 Å². The Bertz CT molecular complexity index is 428. The van der Waals surface area contributed by atoms with Crippen molar-refractivity contribution in [2.24, 2.45) is 0 Å². The van der Waals surface area contributed by atoms with Crippen molar-refractivity contribution < 1.29 is 19.1 Å². The van der Waals surface area contributed by atoms with Gasteiger partial charge in [0, 0.05) is 13.6 Å². The second kappa shape index (κ2) is 7.41. The van der Waals surface area contributed by atoms with Gasteiger partial charge in [-0.05, 0) is 31.0 Å². The fourth-order valence-electron chi connectivity index (χ4n) is 1.54. The maximum absolute atomic E-state index is 11.6. The van der Waals surface area contributed by atoms with Gasteiger partial charge in [0.15, 0.2) is 0 Å². The Morgan fingerprint density at radius 2 is 1.84 bits per heavy atom. The van der Waals surface area contributed by atoms with Crippen LogP contribution in [0.5, 0.6) is 5.75 Å². The number of ether oxygens (including phenoxy) is 2. The first-order chi connectivity index (χ1) is 9.08. The van der Waals surface area contributed by atoms with Crippen LogP contribution in [0.4, 0.5) is 0 Å². The lowest BCUT2D eigenvalue weighted by Gasteiger charge is -2.15. The van der Waals surface area contributed by atoms with Gasteiger partial charge in [0.2, 0.25) is 0 Å².